The first kappa shape index (κ1) is 20.9. The van der Waals surface area contributed by atoms with Crippen molar-refractivity contribution in [3.8, 4) is 0 Å². The van der Waals surface area contributed by atoms with Crippen LogP contribution in [0.5, 0.6) is 0 Å². The molecule has 0 saturated heterocycles. The molecule has 1 amide bonds. The van der Waals surface area contributed by atoms with E-state index in [-0.39, 0.29) is 24.8 Å². The van der Waals surface area contributed by atoms with Crippen LogP contribution >= 0.6 is 0 Å². The van der Waals surface area contributed by atoms with Crippen molar-refractivity contribution < 1.29 is 9.45 Å². The molecule has 0 bridgehead atoms. The fraction of sp³-hybridized carbons (Fsp3) is 0.240. The first-order valence-corrected chi connectivity index (χ1v) is 10.2. The van der Waals surface area contributed by atoms with Crippen LogP contribution in [0.4, 0.5) is 0 Å². The van der Waals surface area contributed by atoms with Crippen LogP contribution < -0.4 is 16.2 Å². The minimum absolute atomic E-state index is 0.00606. The number of hydrogen-bond donors (Lipinski definition) is 1. The summed E-state index contributed by atoms with van der Waals surface area (Å²) < 4.78 is 6.24. The summed E-state index contributed by atoms with van der Waals surface area (Å²) in [5.74, 6) is -0.0608. The Labute approximate surface area is 174 Å². The maximum atomic E-state index is 12.6. The Balaban J connectivity index is 1.55. The van der Waals surface area contributed by atoms with E-state index in [1.54, 1.807) is 0 Å². The van der Waals surface area contributed by atoms with Crippen molar-refractivity contribution in [2.45, 2.75) is 26.3 Å². The van der Waals surface area contributed by atoms with Crippen molar-refractivity contribution in [2.24, 2.45) is 5.92 Å². The number of nitrogens with one attached hydrogen (secondary N) is 1. The van der Waals surface area contributed by atoms with E-state index in [1.165, 1.54) is 0 Å². The van der Waals surface area contributed by atoms with Gasteiger partial charge in [-0.25, -0.2) is 0 Å². The van der Waals surface area contributed by atoms with E-state index >= 15 is 0 Å². The summed E-state index contributed by atoms with van der Waals surface area (Å²) in [6, 6.07) is 30.4. The molecule has 4 heteroatoms. The molecule has 148 valence electrons. The third kappa shape index (κ3) is 6.07. The van der Waals surface area contributed by atoms with Gasteiger partial charge in [-0.05, 0) is 29.8 Å². The molecule has 2 atom stereocenters. The zero-order valence-corrected chi connectivity index (χ0v) is 17.1. The summed E-state index contributed by atoms with van der Waals surface area (Å²) in [6.07, 6.45) is 0.670. The summed E-state index contributed by atoms with van der Waals surface area (Å²) in [7, 11) is 0. The van der Waals surface area contributed by atoms with E-state index in [4.69, 9.17) is 4.65 Å². The monoisotopic (exact) mass is 385 g/mol. The lowest BCUT2D eigenvalue weighted by Gasteiger charge is -2.19. The van der Waals surface area contributed by atoms with Gasteiger partial charge in [-0.1, -0.05) is 97.9 Å². The highest BCUT2D eigenvalue weighted by Gasteiger charge is 2.22. The summed E-state index contributed by atoms with van der Waals surface area (Å²) in [5, 5.41) is 3.10. The maximum Gasteiger partial charge on any atom is 0.361 e. The van der Waals surface area contributed by atoms with E-state index in [9.17, 15) is 4.79 Å². The van der Waals surface area contributed by atoms with Crippen LogP contribution in [-0.2, 0) is 9.45 Å². The Bertz CT molecular complexity index is 832. The van der Waals surface area contributed by atoms with Gasteiger partial charge in [0.1, 0.15) is 0 Å². The molecular formula is C25H28BNO2. The molecule has 0 fully saturated rings. The van der Waals surface area contributed by atoms with Gasteiger partial charge in [0.25, 0.3) is 0 Å². The molecule has 3 aromatic rings. The molecule has 0 unspecified atom stereocenters. The maximum absolute atomic E-state index is 12.6. The third-order valence-corrected chi connectivity index (χ3v) is 5.15. The number of carbonyl (C=O) groups is 1. The summed E-state index contributed by atoms with van der Waals surface area (Å²) in [6.45, 7) is 4.35. The predicted octanol–water partition coefficient (Wildman–Crippen LogP) is 3.71. The first-order valence-electron chi connectivity index (χ1n) is 10.2. The minimum atomic E-state index is -0.129. The van der Waals surface area contributed by atoms with Gasteiger partial charge in [0.05, 0.1) is 6.04 Å². The predicted molar refractivity (Wildman–Crippen MR) is 121 cm³/mol. The minimum Gasteiger partial charge on any atom is -0.427 e. The molecule has 0 radical (unpaired) electrons. The average molecular weight is 385 g/mol. The van der Waals surface area contributed by atoms with Crippen molar-refractivity contribution in [1.82, 2.24) is 5.32 Å². The topological polar surface area (TPSA) is 38.3 Å². The summed E-state index contributed by atoms with van der Waals surface area (Å²) in [4.78, 5) is 12.6. The van der Waals surface area contributed by atoms with Crippen LogP contribution in [0.1, 0.15) is 31.9 Å². The van der Waals surface area contributed by atoms with Crippen LogP contribution in [0.2, 0.25) is 0 Å². The van der Waals surface area contributed by atoms with Gasteiger partial charge in [0, 0.05) is 12.5 Å². The normalized spacial score (nSPS) is 12.8. The Morgan fingerprint density at radius 1 is 0.828 bits per heavy atom. The summed E-state index contributed by atoms with van der Waals surface area (Å²) >= 11 is 0. The van der Waals surface area contributed by atoms with Gasteiger partial charge in [-0.3, -0.25) is 4.79 Å². The van der Waals surface area contributed by atoms with Crippen molar-refractivity contribution in [3.05, 3.63) is 96.6 Å². The van der Waals surface area contributed by atoms with Crippen LogP contribution in [0.3, 0.4) is 0 Å². The first-order chi connectivity index (χ1) is 14.1. The number of amides is 1. The molecule has 0 aliphatic rings. The molecular weight excluding hydrogens is 357 g/mol. The molecule has 1 N–H and O–H groups in total. The van der Waals surface area contributed by atoms with E-state index in [0.717, 1.165) is 16.5 Å². The van der Waals surface area contributed by atoms with E-state index in [2.05, 4.69) is 29.6 Å². The van der Waals surface area contributed by atoms with Crippen molar-refractivity contribution >= 4 is 23.7 Å². The standard InChI is InChI=1S/C25H28BNO2/c1-20(25(28)27-21(2)22-12-6-3-7-13-22)18-19-29-26(23-14-8-4-9-15-23)24-16-10-5-11-17-24/h3-17,20-21H,18-19H2,1-2H3,(H,27,28)/t20-,21-/m1/s1. The second kappa shape index (κ2) is 10.6. The smallest absolute Gasteiger partial charge is 0.361 e. The third-order valence-electron chi connectivity index (χ3n) is 5.15. The van der Waals surface area contributed by atoms with Crippen molar-refractivity contribution in [1.29, 1.82) is 0 Å². The van der Waals surface area contributed by atoms with E-state index in [0.29, 0.717) is 13.0 Å². The molecule has 0 aliphatic carbocycles. The molecule has 3 nitrogen and oxygen atoms in total. The van der Waals surface area contributed by atoms with Gasteiger partial charge in [-0.2, -0.15) is 0 Å². The molecule has 29 heavy (non-hydrogen) atoms. The van der Waals surface area contributed by atoms with E-state index < -0.39 is 0 Å². The molecule has 0 heterocycles. The van der Waals surface area contributed by atoms with E-state index in [1.807, 2.05) is 80.6 Å². The van der Waals surface area contributed by atoms with Crippen LogP contribution in [0, 0.1) is 5.92 Å². The Kier molecular flexibility index (Phi) is 7.65. The quantitative estimate of drug-likeness (QED) is 0.571. The van der Waals surface area contributed by atoms with Gasteiger partial charge in [0.2, 0.25) is 5.91 Å². The van der Waals surface area contributed by atoms with Crippen molar-refractivity contribution in [3.63, 3.8) is 0 Å². The Hall–Kier alpha value is -2.85. The lowest BCUT2D eigenvalue weighted by atomic mass is 9.55. The highest BCUT2D eigenvalue weighted by molar-refractivity contribution is 6.80. The lowest BCUT2D eigenvalue weighted by molar-refractivity contribution is -0.125. The fourth-order valence-electron chi connectivity index (χ4n) is 3.32. The Morgan fingerprint density at radius 3 is 1.83 bits per heavy atom. The SMILES string of the molecule is C[C@H](CCOB(c1ccccc1)c1ccccc1)C(=O)N[C@H](C)c1ccccc1. The zero-order chi connectivity index (χ0) is 20.5. The second-order valence-electron chi connectivity index (χ2n) is 7.40. The number of carbonyl (C=O) groups excluding carboxylic acids is 1. The van der Waals surface area contributed by atoms with Crippen LogP contribution in [0.25, 0.3) is 0 Å². The molecule has 0 saturated carbocycles. The lowest BCUT2D eigenvalue weighted by Crippen LogP contribution is -2.45. The molecule has 0 aliphatic heterocycles. The Morgan fingerprint density at radius 2 is 1.31 bits per heavy atom. The molecule has 0 aromatic heterocycles. The van der Waals surface area contributed by atoms with Crippen LogP contribution in [-0.4, -0.2) is 19.4 Å². The zero-order valence-electron chi connectivity index (χ0n) is 17.1. The number of rotatable bonds is 9. The molecule has 3 rings (SSSR count). The van der Waals surface area contributed by atoms with Gasteiger partial charge >= 0.3 is 6.92 Å². The fourth-order valence-corrected chi connectivity index (χ4v) is 3.32. The molecule has 3 aromatic carbocycles. The number of benzene rings is 3. The summed E-state index contributed by atoms with van der Waals surface area (Å²) in [5.41, 5.74) is 3.35. The number of hydrogen-bond acceptors (Lipinski definition) is 2. The molecule has 0 spiro atoms. The van der Waals surface area contributed by atoms with Gasteiger partial charge < -0.3 is 9.97 Å². The highest BCUT2D eigenvalue weighted by Crippen LogP contribution is 2.13. The van der Waals surface area contributed by atoms with Crippen LogP contribution in [0.15, 0.2) is 91.0 Å². The highest BCUT2D eigenvalue weighted by atomic mass is 16.4. The average Bonchev–Trinajstić information content (AvgIpc) is 2.78. The van der Waals surface area contributed by atoms with Gasteiger partial charge in [-0.15, -0.1) is 0 Å². The van der Waals surface area contributed by atoms with Crippen molar-refractivity contribution in [2.75, 3.05) is 6.61 Å². The second-order valence-corrected chi connectivity index (χ2v) is 7.40. The largest absolute Gasteiger partial charge is 0.427 e. The van der Waals surface area contributed by atoms with Gasteiger partial charge in [0.15, 0.2) is 0 Å².